The molecule has 0 bridgehead atoms. The smallest absolute Gasteiger partial charge is 0.339 e. The van der Waals surface area contributed by atoms with E-state index in [4.69, 9.17) is 4.74 Å². The Labute approximate surface area is 193 Å². The van der Waals surface area contributed by atoms with Gasteiger partial charge in [-0.15, -0.1) is 0 Å². The zero-order valence-corrected chi connectivity index (χ0v) is 19.0. The summed E-state index contributed by atoms with van der Waals surface area (Å²) in [7, 11) is 1.68. The van der Waals surface area contributed by atoms with Crippen molar-refractivity contribution < 1.29 is 19.7 Å². The van der Waals surface area contributed by atoms with Crippen molar-refractivity contribution in [2.24, 2.45) is 0 Å². The number of carbonyl (C=O) groups is 1. The van der Waals surface area contributed by atoms with Gasteiger partial charge in [0.05, 0.1) is 5.69 Å². The lowest BCUT2D eigenvalue weighted by atomic mass is 9.92. The van der Waals surface area contributed by atoms with Gasteiger partial charge in [0, 0.05) is 30.0 Å². The van der Waals surface area contributed by atoms with Crippen LogP contribution < -0.4 is 4.90 Å². The Morgan fingerprint density at radius 1 is 1.12 bits per heavy atom. The van der Waals surface area contributed by atoms with E-state index < -0.39 is 11.7 Å². The highest BCUT2D eigenvalue weighted by Crippen LogP contribution is 2.53. The molecule has 1 atom stereocenters. The number of fused-ring (bicyclic) bond motifs is 1. The first-order valence-electron chi connectivity index (χ1n) is 11.2. The number of aromatic carboxylic acids is 1. The molecule has 1 saturated carbocycles. The summed E-state index contributed by atoms with van der Waals surface area (Å²) in [5, 5.41) is 19.7. The van der Waals surface area contributed by atoms with Crippen molar-refractivity contribution in [3.05, 3.63) is 88.5 Å². The van der Waals surface area contributed by atoms with Gasteiger partial charge in [-0.05, 0) is 73.6 Å². The normalized spacial score (nSPS) is 20.8. The number of aryl methyl sites for hydroxylation is 1. The molecule has 1 aliphatic heterocycles. The minimum Gasteiger partial charge on any atom is -0.507 e. The highest BCUT2D eigenvalue weighted by atomic mass is 16.5. The van der Waals surface area contributed by atoms with Crippen LogP contribution in [0.25, 0.3) is 11.6 Å². The Morgan fingerprint density at radius 3 is 2.55 bits per heavy atom. The number of carboxylic acids is 1. The Hall–Kier alpha value is -3.57. The van der Waals surface area contributed by atoms with Crippen LogP contribution in [0.5, 0.6) is 5.75 Å². The summed E-state index contributed by atoms with van der Waals surface area (Å²) in [6.07, 6.45) is 4.69. The quantitative estimate of drug-likeness (QED) is 0.484. The standard InChI is InChI=1S/C28H27NO4/c1-17-7-6-9-20(18-11-12-18)23(17)16-24-21-8-4-5-10-25(21)29(28(24,2)33-3)19-13-14-22(27(31)32)26(30)15-19/h4-10,13-16,18,30H,11-12H2,1-3H3,(H,31,32)/b24-16-. The van der Waals surface area contributed by atoms with E-state index in [1.54, 1.807) is 13.2 Å². The lowest BCUT2D eigenvalue weighted by Crippen LogP contribution is -2.42. The lowest BCUT2D eigenvalue weighted by molar-refractivity contribution is 0.0681. The molecule has 0 radical (unpaired) electrons. The number of ether oxygens (including phenoxy) is 1. The summed E-state index contributed by atoms with van der Waals surface area (Å²) >= 11 is 0. The number of rotatable bonds is 5. The molecule has 0 aromatic heterocycles. The minimum atomic E-state index is -1.16. The molecule has 0 spiro atoms. The zero-order valence-electron chi connectivity index (χ0n) is 19.0. The van der Waals surface area contributed by atoms with Crippen molar-refractivity contribution in [1.29, 1.82) is 0 Å². The van der Waals surface area contributed by atoms with Crippen molar-refractivity contribution in [3.63, 3.8) is 0 Å². The van der Waals surface area contributed by atoms with Crippen LogP contribution in [0, 0.1) is 6.92 Å². The van der Waals surface area contributed by atoms with Crippen LogP contribution >= 0.6 is 0 Å². The molecule has 5 rings (SSSR count). The summed E-state index contributed by atoms with van der Waals surface area (Å²) in [4.78, 5) is 13.4. The van der Waals surface area contributed by atoms with E-state index in [9.17, 15) is 15.0 Å². The van der Waals surface area contributed by atoms with Gasteiger partial charge in [0.1, 0.15) is 11.3 Å². The summed E-state index contributed by atoms with van der Waals surface area (Å²) in [5.74, 6) is -0.829. The largest absolute Gasteiger partial charge is 0.507 e. The predicted molar refractivity (Wildman–Crippen MR) is 130 cm³/mol. The number of hydrogen-bond acceptors (Lipinski definition) is 4. The maximum Gasteiger partial charge on any atom is 0.339 e. The molecule has 0 saturated heterocycles. The van der Waals surface area contributed by atoms with E-state index in [1.165, 1.54) is 41.7 Å². The first kappa shape index (κ1) is 21.3. The van der Waals surface area contributed by atoms with Gasteiger partial charge in [0.2, 0.25) is 0 Å². The third-order valence-corrected chi connectivity index (χ3v) is 6.89. The second kappa shape index (κ2) is 7.78. The molecule has 1 unspecified atom stereocenters. The number of nitrogens with zero attached hydrogens (tertiary/aromatic N) is 1. The number of aromatic hydroxyl groups is 1. The molecular weight excluding hydrogens is 414 g/mol. The number of phenols is 1. The average Bonchev–Trinajstić information content (AvgIpc) is 3.60. The van der Waals surface area contributed by atoms with E-state index in [0.29, 0.717) is 11.6 Å². The lowest BCUT2D eigenvalue weighted by Gasteiger charge is -2.37. The Bertz CT molecular complexity index is 1290. The third kappa shape index (κ3) is 3.40. The van der Waals surface area contributed by atoms with Crippen LogP contribution in [0.2, 0.25) is 0 Å². The SMILES string of the molecule is COC1(C)/C(=C\c2c(C)cccc2C2CC2)c2ccccc2N1c1ccc(C(=O)O)c(O)c1. The minimum absolute atomic E-state index is 0.130. The highest BCUT2D eigenvalue weighted by molar-refractivity contribution is 6.01. The molecule has 168 valence electrons. The van der Waals surface area contributed by atoms with Gasteiger partial charge < -0.3 is 19.8 Å². The van der Waals surface area contributed by atoms with E-state index in [0.717, 1.165) is 16.8 Å². The summed E-state index contributed by atoms with van der Waals surface area (Å²) in [6.45, 7) is 4.15. The first-order chi connectivity index (χ1) is 15.8. The van der Waals surface area contributed by atoms with Crippen molar-refractivity contribution in [2.75, 3.05) is 12.0 Å². The van der Waals surface area contributed by atoms with Gasteiger partial charge in [-0.25, -0.2) is 4.79 Å². The van der Waals surface area contributed by atoms with Crippen LogP contribution in [0.3, 0.4) is 0 Å². The van der Waals surface area contributed by atoms with E-state index in [-0.39, 0.29) is 11.3 Å². The predicted octanol–water partition coefficient (Wildman–Crippen LogP) is 6.33. The summed E-state index contributed by atoms with van der Waals surface area (Å²) < 4.78 is 6.17. The van der Waals surface area contributed by atoms with Crippen molar-refractivity contribution in [3.8, 4) is 5.75 Å². The van der Waals surface area contributed by atoms with Gasteiger partial charge in [0.25, 0.3) is 0 Å². The van der Waals surface area contributed by atoms with Gasteiger partial charge in [-0.3, -0.25) is 0 Å². The Balaban J connectivity index is 1.72. The maximum absolute atomic E-state index is 11.4. The first-order valence-corrected chi connectivity index (χ1v) is 11.2. The molecule has 1 aliphatic carbocycles. The summed E-state index contributed by atoms with van der Waals surface area (Å²) in [6, 6.07) is 19.2. The second-order valence-corrected chi connectivity index (χ2v) is 8.96. The fourth-order valence-electron chi connectivity index (χ4n) is 4.93. The fourth-order valence-corrected chi connectivity index (χ4v) is 4.93. The Kier molecular flexibility index (Phi) is 5.02. The number of benzene rings is 3. The van der Waals surface area contributed by atoms with Crippen molar-refractivity contribution in [1.82, 2.24) is 0 Å². The van der Waals surface area contributed by atoms with Crippen molar-refractivity contribution >= 4 is 29.0 Å². The number of para-hydroxylation sites is 1. The van der Waals surface area contributed by atoms with Crippen LogP contribution in [0.1, 0.15) is 58.3 Å². The molecule has 0 amide bonds. The van der Waals surface area contributed by atoms with Crippen LogP contribution in [-0.2, 0) is 4.74 Å². The molecule has 33 heavy (non-hydrogen) atoms. The third-order valence-electron chi connectivity index (χ3n) is 6.89. The van der Waals surface area contributed by atoms with E-state index in [2.05, 4.69) is 37.3 Å². The molecule has 1 fully saturated rings. The van der Waals surface area contributed by atoms with Gasteiger partial charge >= 0.3 is 5.97 Å². The van der Waals surface area contributed by atoms with Crippen LogP contribution in [0.15, 0.2) is 60.7 Å². The molecule has 3 aromatic carbocycles. The highest BCUT2D eigenvalue weighted by Gasteiger charge is 2.46. The Morgan fingerprint density at radius 2 is 1.88 bits per heavy atom. The van der Waals surface area contributed by atoms with Crippen LogP contribution in [0.4, 0.5) is 11.4 Å². The van der Waals surface area contributed by atoms with Gasteiger partial charge in [-0.1, -0.05) is 36.4 Å². The number of hydrogen-bond donors (Lipinski definition) is 2. The number of anilines is 2. The van der Waals surface area contributed by atoms with Gasteiger partial charge in [-0.2, -0.15) is 0 Å². The zero-order chi connectivity index (χ0) is 23.3. The summed E-state index contributed by atoms with van der Waals surface area (Å²) in [5.41, 5.74) is 6.53. The second-order valence-electron chi connectivity index (χ2n) is 8.96. The van der Waals surface area contributed by atoms with Gasteiger partial charge in [0.15, 0.2) is 5.72 Å². The molecule has 2 N–H and O–H groups in total. The molecule has 3 aromatic rings. The van der Waals surface area contributed by atoms with Crippen molar-refractivity contribution in [2.45, 2.75) is 38.3 Å². The van der Waals surface area contributed by atoms with Crippen LogP contribution in [-0.4, -0.2) is 29.0 Å². The number of methoxy groups -OCH3 is 1. The maximum atomic E-state index is 11.4. The fraction of sp³-hybridized carbons (Fsp3) is 0.250. The molecular formula is C28H27NO4. The number of carboxylic acid groups (broad SMARTS) is 1. The molecule has 1 heterocycles. The molecule has 2 aliphatic rings. The topological polar surface area (TPSA) is 70.0 Å². The monoisotopic (exact) mass is 441 g/mol. The van der Waals surface area contributed by atoms with E-state index in [1.807, 2.05) is 30.0 Å². The average molecular weight is 442 g/mol. The molecule has 5 heteroatoms. The molecule has 5 nitrogen and oxygen atoms in total. The van der Waals surface area contributed by atoms with E-state index >= 15 is 0 Å².